The maximum atomic E-state index is 5.92. The average Bonchev–Trinajstić information content (AvgIpc) is 1.55. The standard InChI is InChI=1S/C113H98N10O4/c1-10-114-99-26-18-14-22-87(99)91-64-76(38-53-103(91)114)118(72-30-45-83(124-6)46-31-72)79-41-56-107-94(67-79)95-68-80(119(73-32-47-84(125-7)48-33-73)77-39-54-104-92(65-77)88-23-15-19-27-100(88)115(104)11-2)42-57-108(95)121(107)111-60-61-112(111)122-109-58-43-81(120(74-34-49-85(126-8)50-35-74)78-40-55-105-93(66-78)89-24-16-20-28-101(89)116(105)12-3)69-96(109)97-70-82(44-59-110(97)122)123(75-36-51-86(127-9)52-37-75)113(5)63-62-106-98(71-113)90-25-17-21-29-102(90)117(106)13-4/h14-59,62,64-71,111-112H,10-13,60-61,63H2,1-9H3. The van der Waals surface area contributed by atoms with Crippen LogP contribution in [-0.2, 0) is 26.2 Å². The van der Waals surface area contributed by atoms with Crippen molar-refractivity contribution in [2.24, 2.45) is 0 Å². The minimum Gasteiger partial charge on any atom is -0.497 e. The van der Waals surface area contributed by atoms with E-state index in [-0.39, 0.29) is 12.1 Å². The van der Waals surface area contributed by atoms with Crippen molar-refractivity contribution in [3.8, 4) is 23.0 Å². The molecule has 624 valence electrons. The number of rotatable bonds is 22. The fourth-order valence-electron chi connectivity index (χ4n) is 21.9. The second-order valence-electron chi connectivity index (χ2n) is 34.3. The van der Waals surface area contributed by atoms with Gasteiger partial charge in [-0.1, -0.05) is 78.9 Å². The largest absolute Gasteiger partial charge is 0.497 e. The highest BCUT2D eigenvalue weighted by atomic mass is 16.5. The molecule has 0 spiro atoms. The van der Waals surface area contributed by atoms with Crippen molar-refractivity contribution in [1.82, 2.24) is 27.4 Å². The number of methoxy groups -OCH3 is 4. The van der Waals surface area contributed by atoms with Gasteiger partial charge in [-0.3, -0.25) is 0 Å². The number of anilines is 11. The molecule has 0 radical (unpaired) electrons. The Hall–Kier alpha value is -15.0. The van der Waals surface area contributed by atoms with Crippen LogP contribution in [0.1, 0.15) is 66.0 Å². The molecule has 2 aliphatic rings. The number of ether oxygens (including phenoxy) is 4. The zero-order valence-electron chi connectivity index (χ0n) is 73.0. The van der Waals surface area contributed by atoms with E-state index in [1.54, 1.807) is 28.4 Å². The van der Waals surface area contributed by atoms with E-state index in [1.165, 1.54) is 114 Å². The van der Waals surface area contributed by atoms with E-state index in [0.29, 0.717) is 0 Å². The molecule has 0 saturated heterocycles. The van der Waals surface area contributed by atoms with Crippen LogP contribution in [0.2, 0.25) is 0 Å². The number of aryl methyl sites for hydroxylation is 4. The van der Waals surface area contributed by atoms with Crippen LogP contribution in [0, 0.1) is 0 Å². The fourth-order valence-corrected chi connectivity index (χ4v) is 21.9. The van der Waals surface area contributed by atoms with Crippen LogP contribution >= 0.6 is 0 Å². The van der Waals surface area contributed by atoms with Gasteiger partial charge in [0.25, 0.3) is 0 Å². The molecule has 1 fully saturated rings. The van der Waals surface area contributed by atoms with Crippen LogP contribution in [0.4, 0.5) is 62.6 Å². The lowest BCUT2D eigenvalue weighted by molar-refractivity contribution is 0.205. The van der Waals surface area contributed by atoms with Crippen LogP contribution in [0.5, 0.6) is 23.0 Å². The minimum atomic E-state index is -0.521. The normalized spacial score (nSPS) is 15.2. The Morgan fingerprint density at radius 2 is 0.520 bits per heavy atom. The molecule has 3 unspecified atom stereocenters. The Labute approximate surface area is 737 Å². The molecule has 14 nitrogen and oxygen atoms in total. The molecule has 0 N–H and O–H groups in total. The Bertz CT molecular complexity index is 7880. The SMILES string of the molecule is CCn1c2c(c3ccccc31)=CC(C)(N(c1ccc(OC)cc1)c1ccc3c(c1)c1cc(N(c4ccc(OC)cc4)c4ccc5c(c4)c4ccccc4n5CC)ccc1n3C1CCC1n1c3ccc(N(c4ccc(OC)cc4)c4ccc5c(c4)c4ccccc4n5CC)cc3c3cc(N(c4ccc(OC)cc4)c4ccc5c(c4)c4ccccc4n5CC)ccc31)CC=2. The number of para-hydroxylation sites is 4. The molecule has 0 bridgehead atoms. The summed E-state index contributed by atoms with van der Waals surface area (Å²) in [5, 5.41) is 15.8. The zero-order valence-corrected chi connectivity index (χ0v) is 73.0. The molecule has 6 aromatic heterocycles. The highest BCUT2D eigenvalue weighted by Gasteiger charge is 2.40. The van der Waals surface area contributed by atoms with Crippen molar-refractivity contribution in [2.75, 3.05) is 48.0 Å². The molecular formula is C113H98N10O4. The van der Waals surface area contributed by atoms with Gasteiger partial charge in [0.15, 0.2) is 0 Å². The Kier molecular flexibility index (Phi) is 18.4. The Morgan fingerprint density at radius 3 is 0.827 bits per heavy atom. The monoisotopic (exact) mass is 1660 g/mol. The van der Waals surface area contributed by atoms with Gasteiger partial charge < -0.3 is 65.9 Å². The quantitative estimate of drug-likeness (QED) is 0.0664. The summed E-state index contributed by atoms with van der Waals surface area (Å²) in [5.74, 6) is 3.20. The molecule has 14 heteroatoms. The van der Waals surface area contributed by atoms with E-state index in [4.69, 9.17) is 18.9 Å². The first-order chi connectivity index (χ1) is 62.4. The van der Waals surface area contributed by atoms with E-state index in [0.717, 1.165) is 147 Å². The van der Waals surface area contributed by atoms with Crippen molar-refractivity contribution in [3.05, 3.63) is 332 Å². The van der Waals surface area contributed by atoms with Gasteiger partial charge in [0.05, 0.1) is 46.1 Å². The van der Waals surface area contributed by atoms with Crippen LogP contribution < -0.4 is 49.1 Å². The Balaban J connectivity index is 0.753. The summed E-state index contributed by atoms with van der Waals surface area (Å²) in [7, 11) is 6.97. The maximum Gasteiger partial charge on any atom is 0.119 e. The maximum absolute atomic E-state index is 5.92. The van der Waals surface area contributed by atoms with E-state index in [2.05, 4.69) is 415 Å². The number of nitrogens with zero attached hydrogens (tertiary/aromatic N) is 10. The Morgan fingerprint density at radius 1 is 0.268 bits per heavy atom. The third kappa shape index (κ3) is 12.1. The number of aromatic nitrogens is 6. The van der Waals surface area contributed by atoms with Crippen molar-refractivity contribution in [1.29, 1.82) is 0 Å². The molecule has 15 aromatic carbocycles. The van der Waals surface area contributed by atoms with Gasteiger partial charge >= 0.3 is 0 Å². The molecule has 0 amide bonds. The van der Waals surface area contributed by atoms with Crippen molar-refractivity contribution < 1.29 is 18.9 Å². The number of hydrogen-bond acceptors (Lipinski definition) is 8. The molecule has 3 atom stereocenters. The van der Waals surface area contributed by atoms with E-state index >= 15 is 0 Å². The molecule has 21 aromatic rings. The first-order valence-electron chi connectivity index (χ1n) is 44.7. The third-order valence-corrected chi connectivity index (χ3v) is 27.8. The first-order valence-corrected chi connectivity index (χ1v) is 44.7. The average molecular weight is 1660 g/mol. The number of fused-ring (bicyclic) bond motifs is 18. The van der Waals surface area contributed by atoms with Gasteiger partial charge in [-0.05, 0) is 309 Å². The first kappa shape index (κ1) is 76.8. The van der Waals surface area contributed by atoms with Crippen LogP contribution in [0.15, 0.2) is 322 Å². The van der Waals surface area contributed by atoms with Gasteiger partial charge in [-0.25, -0.2) is 0 Å². The zero-order chi connectivity index (χ0) is 85.6. The summed E-state index contributed by atoms with van der Waals surface area (Å²) >= 11 is 0. The minimum absolute atomic E-state index is 0.0103. The van der Waals surface area contributed by atoms with E-state index in [9.17, 15) is 0 Å². The second-order valence-corrected chi connectivity index (χ2v) is 34.3. The summed E-state index contributed by atoms with van der Waals surface area (Å²) in [4.78, 5) is 9.90. The van der Waals surface area contributed by atoms with Gasteiger partial charge in [0.1, 0.15) is 23.0 Å². The third-order valence-electron chi connectivity index (χ3n) is 27.8. The summed E-state index contributed by atoms with van der Waals surface area (Å²) in [6.07, 6.45) is 7.71. The molecule has 6 heterocycles. The predicted octanol–water partition coefficient (Wildman–Crippen LogP) is 27.8. The summed E-state index contributed by atoms with van der Waals surface area (Å²) in [6.45, 7) is 14.8. The highest BCUT2D eigenvalue weighted by molar-refractivity contribution is 6.16. The molecule has 2 aliphatic carbocycles. The fraction of sp³-hybridized carbons (Fsp3) is 0.168. The summed E-state index contributed by atoms with van der Waals surface area (Å²) in [5.41, 5.74) is 24.3. The molecular weight excluding hydrogens is 1560 g/mol. The van der Waals surface area contributed by atoms with Gasteiger partial charge in [-0.2, -0.15) is 0 Å². The second kappa shape index (κ2) is 30.4. The lowest BCUT2D eigenvalue weighted by atomic mass is 9.85. The van der Waals surface area contributed by atoms with Crippen molar-refractivity contribution >= 4 is 195 Å². The van der Waals surface area contributed by atoms with Crippen LogP contribution in [-0.4, -0.2) is 61.4 Å². The lowest BCUT2D eigenvalue weighted by Gasteiger charge is -2.42. The smallest absolute Gasteiger partial charge is 0.119 e. The highest BCUT2D eigenvalue weighted by Crippen LogP contribution is 2.55. The summed E-state index contributed by atoms with van der Waals surface area (Å²) < 4.78 is 38.8. The lowest BCUT2D eigenvalue weighted by Crippen LogP contribution is -2.47. The number of benzene rings is 15. The topological polar surface area (TPSA) is 79.5 Å². The van der Waals surface area contributed by atoms with E-state index in [1.807, 2.05) is 0 Å². The van der Waals surface area contributed by atoms with Gasteiger partial charge in [0, 0.05) is 219 Å². The van der Waals surface area contributed by atoms with Crippen molar-refractivity contribution in [3.63, 3.8) is 0 Å². The van der Waals surface area contributed by atoms with Gasteiger partial charge in [0.2, 0.25) is 0 Å². The molecule has 0 aliphatic heterocycles. The predicted molar refractivity (Wildman–Crippen MR) is 530 cm³/mol. The van der Waals surface area contributed by atoms with E-state index < -0.39 is 5.54 Å². The van der Waals surface area contributed by atoms with Crippen LogP contribution in [0.25, 0.3) is 132 Å². The van der Waals surface area contributed by atoms with Gasteiger partial charge in [-0.15, -0.1) is 0 Å². The van der Waals surface area contributed by atoms with Crippen LogP contribution in [0.3, 0.4) is 0 Å². The summed E-state index contributed by atoms with van der Waals surface area (Å²) in [6, 6.07) is 120. The molecule has 127 heavy (non-hydrogen) atoms. The van der Waals surface area contributed by atoms with Crippen molar-refractivity contribution in [2.45, 2.75) is 97.7 Å². The molecule has 23 rings (SSSR count). The number of hydrogen-bond donors (Lipinski definition) is 0. The molecule has 1 saturated carbocycles.